The molecule has 1 aromatic heterocycles. The third-order valence-electron chi connectivity index (χ3n) is 5.00. The fourth-order valence-corrected chi connectivity index (χ4v) is 4.16. The Kier molecular flexibility index (Phi) is 6.82. The van der Waals surface area contributed by atoms with Gasteiger partial charge in [0.25, 0.3) is 5.82 Å². The molecule has 3 rings (SSSR count). The number of aromatic nitrogens is 2. The van der Waals surface area contributed by atoms with Crippen LogP contribution in [0.1, 0.15) is 32.5 Å². The van der Waals surface area contributed by atoms with Gasteiger partial charge in [-0.3, -0.25) is 4.79 Å². The van der Waals surface area contributed by atoms with Crippen molar-refractivity contribution in [1.82, 2.24) is 4.57 Å². The van der Waals surface area contributed by atoms with E-state index < -0.39 is 10.7 Å². The van der Waals surface area contributed by atoms with Gasteiger partial charge in [0.2, 0.25) is 0 Å². The van der Waals surface area contributed by atoms with Crippen molar-refractivity contribution in [3.8, 4) is 0 Å². The van der Waals surface area contributed by atoms with E-state index in [0.717, 1.165) is 41.3 Å². The highest BCUT2D eigenvalue weighted by molar-refractivity contribution is 8.01. The number of aliphatic carboxylic acids is 1. The van der Waals surface area contributed by atoms with Crippen LogP contribution in [0.3, 0.4) is 0 Å². The number of nitrogens with zero attached hydrogens (tertiary/aromatic N) is 1. The summed E-state index contributed by atoms with van der Waals surface area (Å²) in [6.07, 6.45) is 1.82. The summed E-state index contributed by atoms with van der Waals surface area (Å²) in [5, 5.41) is 13.3. The summed E-state index contributed by atoms with van der Waals surface area (Å²) in [6, 6.07) is 15.4. The van der Waals surface area contributed by atoms with Gasteiger partial charge in [-0.2, -0.15) is 4.57 Å². The predicted molar refractivity (Wildman–Crippen MR) is 121 cm³/mol. The molecule has 0 aliphatic carbocycles. The molecule has 0 saturated heterocycles. The van der Waals surface area contributed by atoms with Gasteiger partial charge in [-0.05, 0) is 63.1 Å². The SMILES string of the molecule is Cc1[nH+]c2ccccc2c(=O)n1CCCCNc1ccc(SC(C)(C)C(=O)O)cc1. The molecule has 0 saturated carbocycles. The van der Waals surface area contributed by atoms with Gasteiger partial charge in [0.1, 0.15) is 15.6 Å². The van der Waals surface area contributed by atoms with Crippen molar-refractivity contribution in [3.63, 3.8) is 0 Å². The van der Waals surface area contributed by atoms with Crippen molar-refractivity contribution >= 4 is 34.3 Å². The molecule has 3 aromatic rings. The van der Waals surface area contributed by atoms with E-state index in [9.17, 15) is 14.7 Å². The first-order valence-corrected chi connectivity index (χ1v) is 10.9. The molecule has 0 spiro atoms. The third-order valence-corrected chi connectivity index (χ3v) is 6.20. The van der Waals surface area contributed by atoms with E-state index in [-0.39, 0.29) is 5.56 Å². The molecule has 2 aromatic carbocycles. The number of fused-ring (bicyclic) bond motifs is 1. The van der Waals surface area contributed by atoms with E-state index in [1.54, 1.807) is 18.4 Å². The first-order chi connectivity index (χ1) is 14.3. The maximum absolute atomic E-state index is 12.7. The number of benzene rings is 2. The average Bonchev–Trinajstić information content (AvgIpc) is 2.71. The van der Waals surface area contributed by atoms with E-state index in [0.29, 0.717) is 11.9 Å². The van der Waals surface area contributed by atoms with E-state index in [2.05, 4.69) is 10.3 Å². The van der Waals surface area contributed by atoms with Gasteiger partial charge in [0.15, 0.2) is 0 Å². The summed E-state index contributed by atoms with van der Waals surface area (Å²) >= 11 is 1.33. The van der Waals surface area contributed by atoms with E-state index in [1.165, 1.54) is 11.8 Å². The summed E-state index contributed by atoms with van der Waals surface area (Å²) in [5.74, 6) is 0.0390. The Morgan fingerprint density at radius 1 is 1.13 bits per heavy atom. The Balaban J connectivity index is 1.50. The van der Waals surface area contributed by atoms with Crippen LogP contribution in [0.15, 0.2) is 58.2 Å². The highest BCUT2D eigenvalue weighted by Crippen LogP contribution is 2.33. The number of aromatic amines is 1. The molecule has 30 heavy (non-hydrogen) atoms. The molecular weight excluding hydrogens is 398 g/mol. The Labute approximate surface area is 180 Å². The fourth-order valence-electron chi connectivity index (χ4n) is 3.21. The largest absolute Gasteiger partial charge is 0.480 e. The number of H-pyrrole nitrogens is 1. The van der Waals surface area contributed by atoms with Crippen LogP contribution in [-0.2, 0) is 11.3 Å². The number of thioether (sulfide) groups is 1. The van der Waals surface area contributed by atoms with Crippen LogP contribution < -0.4 is 15.9 Å². The second-order valence-electron chi connectivity index (χ2n) is 7.79. The number of anilines is 1. The summed E-state index contributed by atoms with van der Waals surface area (Å²) in [4.78, 5) is 28.2. The molecule has 3 N–H and O–H groups in total. The first kappa shape index (κ1) is 21.9. The Hall–Kier alpha value is -2.80. The minimum Gasteiger partial charge on any atom is -0.480 e. The molecule has 158 valence electrons. The van der Waals surface area contributed by atoms with Crippen LogP contribution in [0.2, 0.25) is 0 Å². The molecule has 6 nitrogen and oxygen atoms in total. The fraction of sp³-hybridized carbons (Fsp3) is 0.348. The van der Waals surface area contributed by atoms with Crippen molar-refractivity contribution < 1.29 is 14.9 Å². The molecule has 1 heterocycles. The van der Waals surface area contributed by atoms with Gasteiger partial charge in [0, 0.05) is 24.1 Å². The van der Waals surface area contributed by atoms with Gasteiger partial charge in [-0.25, -0.2) is 9.78 Å². The maximum Gasteiger partial charge on any atom is 0.345 e. The number of nitrogens with one attached hydrogen (secondary N) is 2. The molecule has 0 unspecified atom stereocenters. The maximum atomic E-state index is 12.7. The van der Waals surface area contributed by atoms with Crippen LogP contribution in [0.4, 0.5) is 5.69 Å². The third kappa shape index (κ3) is 5.21. The summed E-state index contributed by atoms with van der Waals surface area (Å²) in [6.45, 7) is 6.81. The lowest BCUT2D eigenvalue weighted by Gasteiger charge is -2.18. The second kappa shape index (κ2) is 9.34. The van der Waals surface area contributed by atoms with Gasteiger partial charge < -0.3 is 10.4 Å². The Bertz CT molecular complexity index is 1090. The highest BCUT2D eigenvalue weighted by Gasteiger charge is 2.28. The topological polar surface area (TPSA) is 85.5 Å². The van der Waals surface area contributed by atoms with E-state index in [4.69, 9.17) is 0 Å². The summed E-state index contributed by atoms with van der Waals surface area (Å²) in [7, 11) is 0. The molecule has 0 bridgehead atoms. The number of hydrogen-bond acceptors (Lipinski definition) is 4. The molecule has 0 aliphatic heterocycles. The Morgan fingerprint density at radius 2 is 1.83 bits per heavy atom. The molecular formula is C23H28N3O3S+. The normalized spacial score (nSPS) is 11.6. The highest BCUT2D eigenvalue weighted by atomic mass is 32.2. The number of aryl methyl sites for hydroxylation is 1. The zero-order chi connectivity index (χ0) is 21.7. The van der Waals surface area contributed by atoms with Crippen LogP contribution in [0.5, 0.6) is 0 Å². The zero-order valence-corrected chi connectivity index (χ0v) is 18.4. The number of carbonyl (C=O) groups is 1. The van der Waals surface area contributed by atoms with Gasteiger partial charge in [0.05, 0.1) is 6.54 Å². The summed E-state index contributed by atoms with van der Waals surface area (Å²) in [5.41, 5.74) is 1.92. The first-order valence-electron chi connectivity index (χ1n) is 10.1. The number of hydrogen-bond donors (Lipinski definition) is 2. The minimum atomic E-state index is -0.856. The molecule has 0 radical (unpaired) electrons. The van der Waals surface area contributed by atoms with E-state index in [1.807, 2.05) is 55.5 Å². The van der Waals surface area contributed by atoms with Crippen molar-refractivity contribution in [2.75, 3.05) is 11.9 Å². The molecule has 0 amide bonds. The van der Waals surface area contributed by atoms with Crippen molar-refractivity contribution in [2.24, 2.45) is 0 Å². The number of unbranched alkanes of at least 4 members (excludes halogenated alkanes) is 1. The van der Waals surface area contributed by atoms with Gasteiger partial charge in [-0.1, -0.05) is 12.1 Å². The van der Waals surface area contributed by atoms with Crippen molar-refractivity contribution in [1.29, 1.82) is 0 Å². The van der Waals surface area contributed by atoms with Crippen LogP contribution in [-0.4, -0.2) is 26.9 Å². The lowest BCUT2D eigenvalue weighted by molar-refractivity contribution is -0.364. The van der Waals surface area contributed by atoms with E-state index >= 15 is 0 Å². The number of carboxylic acid groups (broad SMARTS) is 1. The predicted octanol–water partition coefficient (Wildman–Crippen LogP) is 3.97. The van der Waals surface area contributed by atoms with Crippen LogP contribution in [0.25, 0.3) is 10.9 Å². The lowest BCUT2D eigenvalue weighted by atomic mass is 10.2. The molecule has 7 heteroatoms. The smallest absolute Gasteiger partial charge is 0.345 e. The van der Waals surface area contributed by atoms with Crippen LogP contribution >= 0.6 is 11.8 Å². The monoisotopic (exact) mass is 426 g/mol. The lowest BCUT2D eigenvalue weighted by Crippen LogP contribution is -2.30. The standard InChI is InChI=1S/C23H27N3O3S/c1-16-25-20-9-5-4-8-19(20)21(27)26(16)15-7-6-14-24-17-10-12-18(13-11-17)30-23(2,3)22(28)29/h4-5,8-13,24H,6-7,14-15H2,1-3H3,(H,28,29)/p+1. The molecule has 0 fully saturated rings. The number of carboxylic acids is 1. The van der Waals surface area contributed by atoms with Crippen molar-refractivity contribution in [2.45, 2.75) is 49.8 Å². The molecule has 0 aliphatic rings. The van der Waals surface area contributed by atoms with Crippen molar-refractivity contribution in [3.05, 3.63) is 64.7 Å². The molecule has 0 atom stereocenters. The summed E-state index contributed by atoms with van der Waals surface area (Å²) < 4.78 is 0.948. The zero-order valence-electron chi connectivity index (χ0n) is 17.6. The van der Waals surface area contributed by atoms with Crippen LogP contribution in [0, 0.1) is 6.92 Å². The number of para-hydroxylation sites is 1. The minimum absolute atomic E-state index is 0.0483. The van der Waals surface area contributed by atoms with Gasteiger partial charge >= 0.3 is 11.5 Å². The van der Waals surface area contributed by atoms with Gasteiger partial charge in [-0.15, -0.1) is 11.8 Å². The quantitative estimate of drug-likeness (QED) is 0.399. The average molecular weight is 427 g/mol. The Morgan fingerprint density at radius 3 is 2.53 bits per heavy atom. The second-order valence-corrected chi connectivity index (χ2v) is 9.48. The number of rotatable bonds is 9.